The predicted molar refractivity (Wildman–Crippen MR) is 74.7 cm³/mol. The van der Waals surface area contributed by atoms with E-state index in [4.69, 9.17) is 14.6 Å². The summed E-state index contributed by atoms with van der Waals surface area (Å²) in [5, 5.41) is 8.63. The monoisotopic (exact) mass is 290 g/mol. The highest BCUT2D eigenvalue weighted by molar-refractivity contribution is 5.98. The molecule has 5 heteroatoms. The van der Waals surface area contributed by atoms with Gasteiger partial charge < -0.3 is 14.6 Å². The molecule has 1 aliphatic carbocycles. The predicted octanol–water partition coefficient (Wildman–Crippen LogP) is 3.17. The summed E-state index contributed by atoms with van der Waals surface area (Å²) in [5.41, 5.74) is 0.478. The summed E-state index contributed by atoms with van der Waals surface area (Å²) in [6, 6.07) is 5.09. The highest BCUT2D eigenvalue weighted by atomic mass is 16.7. The summed E-state index contributed by atoms with van der Waals surface area (Å²) in [5.74, 6) is -0.438. The Hall–Kier alpha value is -2.04. The van der Waals surface area contributed by atoms with E-state index < -0.39 is 11.8 Å². The Morgan fingerprint density at radius 3 is 2.48 bits per heavy atom. The number of hydrogen-bond acceptors (Lipinski definition) is 4. The molecule has 21 heavy (non-hydrogen) atoms. The maximum absolute atomic E-state index is 12.0. The van der Waals surface area contributed by atoms with Gasteiger partial charge in [0.05, 0.1) is 6.42 Å². The first kappa shape index (κ1) is 13.9. The van der Waals surface area contributed by atoms with E-state index >= 15 is 0 Å². The number of benzene rings is 1. The molecule has 0 saturated heterocycles. The van der Waals surface area contributed by atoms with Gasteiger partial charge >= 0.3 is 5.97 Å². The van der Waals surface area contributed by atoms with Crippen molar-refractivity contribution in [3.8, 4) is 11.5 Å². The zero-order valence-corrected chi connectivity index (χ0v) is 11.8. The van der Waals surface area contributed by atoms with Gasteiger partial charge in [-0.3, -0.25) is 9.59 Å². The zero-order valence-electron chi connectivity index (χ0n) is 11.8. The second kappa shape index (κ2) is 5.39. The summed E-state index contributed by atoms with van der Waals surface area (Å²) in [6.45, 7) is 0. The van der Waals surface area contributed by atoms with Crippen molar-refractivity contribution in [2.45, 2.75) is 50.7 Å². The number of ether oxygens (including phenoxy) is 2. The standard InChI is InChI=1S/C16H18O5/c17-12(5-7-15(18)19)11-4-6-13-14(10-11)21-16(20-13)8-2-1-3-9-16/h4,6,10H,1-3,5,7-9H2,(H,18,19). The van der Waals surface area contributed by atoms with Crippen LogP contribution < -0.4 is 9.47 Å². The van der Waals surface area contributed by atoms with E-state index in [1.807, 2.05) is 0 Å². The Labute approximate surface area is 122 Å². The molecule has 1 heterocycles. The molecule has 1 aromatic rings. The third kappa shape index (κ3) is 2.86. The first-order valence-electron chi connectivity index (χ1n) is 7.35. The molecule has 0 aromatic heterocycles. The van der Waals surface area contributed by atoms with Crippen molar-refractivity contribution in [3.63, 3.8) is 0 Å². The van der Waals surface area contributed by atoms with Crippen LogP contribution in [0.15, 0.2) is 18.2 Å². The highest BCUT2D eigenvalue weighted by Gasteiger charge is 2.42. The van der Waals surface area contributed by atoms with E-state index in [2.05, 4.69) is 0 Å². The fourth-order valence-electron chi connectivity index (χ4n) is 2.93. The summed E-state index contributed by atoms with van der Waals surface area (Å²) in [4.78, 5) is 22.5. The molecule has 1 aromatic carbocycles. The fraction of sp³-hybridized carbons (Fsp3) is 0.500. The maximum atomic E-state index is 12.0. The van der Waals surface area contributed by atoms with E-state index in [0.29, 0.717) is 17.1 Å². The minimum atomic E-state index is -0.967. The van der Waals surface area contributed by atoms with Crippen LogP contribution >= 0.6 is 0 Å². The zero-order chi connectivity index (χ0) is 14.9. The van der Waals surface area contributed by atoms with Crippen molar-refractivity contribution in [1.82, 2.24) is 0 Å². The van der Waals surface area contributed by atoms with Gasteiger partial charge in [0.1, 0.15) is 0 Å². The lowest BCUT2D eigenvalue weighted by Crippen LogP contribution is -2.40. The molecule has 1 spiro atoms. The molecule has 5 nitrogen and oxygen atoms in total. The number of carbonyl (C=O) groups excluding carboxylic acids is 1. The number of hydrogen-bond donors (Lipinski definition) is 1. The normalized spacial score (nSPS) is 18.7. The minimum Gasteiger partial charge on any atom is -0.481 e. The Morgan fingerprint density at radius 2 is 1.76 bits per heavy atom. The third-order valence-corrected chi connectivity index (χ3v) is 4.04. The Balaban J connectivity index is 1.74. The number of rotatable bonds is 4. The molecule has 2 aliphatic rings. The second-order valence-corrected chi connectivity index (χ2v) is 5.65. The van der Waals surface area contributed by atoms with E-state index in [9.17, 15) is 9.59 Å². The van der Waals surface area contributed by atoms with Crippen molar-refractivity contribution >= 4 is 11.8 Å². The van der Waals surface area contributed by atoms with E-state index in [-0.39, 0.29) is 18.6 Å². The summed E-state index contributed by atoms with van der Waals surface area (Å²) in [6.07, 6.45) is 4.94. The lowest BCUT2D eigenvalue weighted by atomic mass is 9.94. The van der Waals surface area contributed by atoms with Gasteiger partial charge in [-0.15, -0.1) is 0 Å². The van der Waals surface area contributed by atoms with Crippen LogP contribution in [0.25, 0.3) is 0 Å². The summed E-state index contributed by atoms with van der Waals surface area (Å²) < 4.78 is 11.9. The molecule has 0 atom stereocenters. The Bertz CT molecular complexity index is 572. The minimum absolute atomic E-state index is 0.000119. The van der Waals surface area contributed by atoms with E-state index in [0.717, 1.165) is 25.7 Å². The van der Waals surface area contributed by atoms with Gasteiger partial charge in [-0.1, -0.05) is 6.42 Å². The fourth-order valence-corrected chi connectivity index (χ4v) is 2.93. The van der Waals surface area contributed by atoms with Gasteiger partial charge in [-0.05, 0) is 31.0 Å². The highest BCUT2D eigenvalue weighted by Crippen LogP contribution is 2.45. The van der Waals surface area contributed by atoms with Gasteiger partial charge in [0.2, 0.25) is 0 Å². The number of fused-ring (bicyclic) bond motifs is 1. The molecule has 1 aliphatic heterocycles. The molecule has 1 fully saturated rings. The van der Waals surface area contributed by atoms with Crippen LogP contribution in [0, 0.1) is 0 Å². The topological polar surface area (TPSA) is 72.8 Å². The number of ketones is 1. The van der Waals surface area contributed by atoms with Gasteiger partial charge in [0.15, 0.2) is 17.3 Å². The van der Waals surface area contributed by atoms with E-state index in [1.54, 1.807) is 18.2 Å². The number of carbonyl (C=O) groups is 2. The molecule has 0 unspecified atom stereocenters. The second-order valence-electron chi connectivity index (χ2n) is 5.65. The first-order chi connectivity index (χ1) is 10.1. The molecule has 0 radical (unpaired) electrons. The quantitative estimate of drug-likeness (QED) is 0.862. The average molecular weight is 290 g/mol. The summed E-state index contributed by atoms with van der Waals surface area (Å²) in [7, 11) is 0. The van der Waals surface area contributed by atoms with Crippen LogP contribution in [0.5, 0.6) is 11.5 Å². The largest absolute Gasteiger partial charge is 0.481 e. The molecule has 1 saturated carbocycles. The van der Waals surface area contributed by atoms with Gasteiger partial charge in [-0.25, -0.2) is 0 Å². The maximum Gasteiger partial charge on any atom is 0.303 e. The number of carboxylic acids is 1. The van der Waals surface area contributed by atoms with Gasteiger partial charge in [0, 0.05) is 24.8 Å². The lowest BCUT2D eigenvalue weighted by molar-refractivity contribution is -0.136. The molecular weight excluding hydrogens is 272 g/mol. The Morgan fingerprint density at radius 1 is 1.05 bits per heavy atom. The molecule has 0 bridgehead atoms. The van der Waals surface area contributed by atoms with Crippen molar-refractivity contribution in [3.05, 3.63) is 23.8 Å². The van der Waals surface area contributed by atoms with Crippen molar-refractivity contribution in [1.29, 1.82) is 0 Å². The first-order valence-corrected chi connectivity index (χ1v) is 7.35. The van der Waals surface area contributed by atoms with Crippen LogP contribution in [0.3, 0.4) is 0 Å². The molecule has 0 amide bonds. The van der Waals surface area contributed by atoms with Gasteiger partial charge in [0.25, 0.3) is 5.79 Å². The summed E-state index contributed by atoms with van der Waals surface area (Å²) >= 11 is 0. The molecule has 1 N–H and O–H groups in total. The molecule has 3 rings (SSSR count). The van der Waals surface area contributed by atoms with Crippen LogP contribution in [0.2, 0.25) is 0 Å². The van der Waals surface area contributed by atoms with Crippen LogP contribution in [0.1, 0.15) is 55.3 Å². The van der Waals surface area contributed by atoms with Crippen LogP contribution in [-0.2, 0) is 4.79 Å². The molecule has 112 valence electrons. The molecular formula is C16H18O5. The van der Waals surface area contributed by atoms with Crippen molar-refractivity contribution in [2.75, 3.05) is 0 Å². The van der Waals surface area contributed by atoms with Crippen molar-refractivity contribution in [2.24, 2.45) is 0 Å². The van der Waals surface area contributed by atoms with Crippen LogP contribution in [0.4, 0.5) is 0 Å². The number of Topliss-reactive ketones (excluding diaryl/α,β-unsaturated/α-hetero) is 1. The Kier molecular flexibility index (Phi) is 3.57. The van der Waals surface area contributed by atoms with Gasteiger partial charge in [-0.2, -0.15) is 0 Å². The third-order valence-electron chi connectivity index (χ3n) is 4.04. The van der Waals surface area contributed by atoms with E-state index in [1.165, 1.54) is 6.42 Å². The van der Waals surface area contributed by atoms with Crippen LogP contribution in [-0.4, -0.2) is 22.6 Å². The van der Waals surface area contributed by atoms with Crippen molar-refractivity contribution < 1.29 is 24.2 Å². The average Bonchev–Trinajstić information content (AvgIpc) is 2.81. The SMILES string of the molecule is O=C(O)CCC(=O)c1ccc2c(c1)OC1(CCCCC1)O2. The number of carboxylic acid groups (broad SMARTS) is 1. The lowest BCUT2D eigenvalue weighted by Gasteiger charge is -2.31. The smallest absolute Gasteiger partial charge is 0.303 e. The number of aliphatic carboxylic acids is 1.